The van der Waals surface area contributed by atoms with Crippen LogP contribution in [0.4, 0.5) is 0 Å². The lowest BCUT2D eigenvalue weighted by Crippen LogP contribution is -2.35. The minimum absolute atomic E-state index is 0.153. The summed E-state index contributed by atoms with van der Waals surface area (Å²) in [6.07, 6.45) is 3.63. The van der Waals surface area contributed by atoms with Gasteiger partial charge in [0, 0.05) is 13.1 Å². The number of carbonyl (C=O) groups excluding carboxylic acids is 1. The molecule has 1 amide bonds. The van der Waals surface area contributed by atoms with Gasteiger partial charge in [-0.2, -0.15) is 0 Å². The molecule has 0 aromatic heterocycles. The summed E-state index contributed by atoms with van der Waals surface area (Å²) in [5.41, 5.74) is 0. The van der Waals surface area contributed by atoms with Gasteiger partial charge in [-0.25, -0.2) is 0 Å². The summed E-state index contributed by atoms with van der Waals surface area (Å²) in [5, 5.41) is 0. The number of nitrogens with zero attached hydrogens (tertiary/aromatic N) is 1. The van der Waals surface area contributed by atoms with E-state index >= 15 is 0 Å². The van der Waals surface area contributed by atoms with Crippen LogP contribution in [0.1, 0.15) is 13.8 Å². The molecule has 0 aromatic rings. The molecule has 1 aliphatic rings. The van der Waals surface area contributed by atoms with Gasteiger partial charge in [0.1, 0.15) is 0 Å². The van der Waals surface area contributed by atoms with Crippen molar-refractivity contribution in [3.05, 3.63) is 12.2 Å². The van der Waals surface area contributed by atoms with Crippen LogP contribution in [0.3, 0.4) is 0 Å². The minimum atomic E-state index is 0.153. The fraction of sp³-hybridized carbons (Fsp3) is 0.625. The molecule has 0 N–H and O–H groups in total. The predicted molar refractivity (Wildman–Crippen MR) is 40.6 cm³/mol. The van der Waals surface area contributed by atoms with Crippen molar-refractivity contribution in [1.82, 2.24) is 4.90 Å². The molecule has 56 valence electrons. The van der Waals surface area contributed by atoms with Gasteiger partial charge in [-0.15, -0.1) is 0 Å². The second-order valence-corrected chi connectivity index (χ2v) is 2.71. The van der Waals surface area contributed by atoms with Gasteiger partial charge in [-0.05, 0) is 18.9 Å². The van der Waals surface area contributed by atoms with Gasteiger partial charge >= 0.3 is 0 Å². The second kappa shape index (κ2) is 2.86. The Morgan fingerprint density at radius 2 is 2.50 bits per heavy atom. The molecule has 0 saturated carbocycles. The molecule has 2 nitrogen and oxygen atoms in total. The first-order chi connectivity index (χ1) is 4.74. The van der Waals surface area contributed by atoms with E-state index in [9.17, 15) is 4.79 Å². The van der Waals surface area contributed by atoms with Crippen LogP contribution in [-0.4, -0.2) is 23.9 Å². The maximum absolute atomic E-state index is 11.0. The lowest BCUT2D eigenvalue weighted by Gasteiger charge is -2.25. The van der Waals surface area contributed by atoms with Gasteiger partial charge < -0.3 is 4.90 Å². The Morgan fingerprint density at radius 3 is 3.00 bits per heavy atom. The van der Waals surface area contributed by atoms with E-state index in [1.807, 2.05) is 17.9 Å². The molecule has 0 fully saturated rings. The molecule has 0 aliphatic carbocycles. The lowest BCUT2D eigenvalue weighted by molar-refractivity contribution is -0.126. The van der Waals surface area contributed by atoms with E-state index in [0.29, 0.717) is 5.92 Å². The topological polar surface area (TPSA) is 20.3 Å². The van der Waals surface area contributed by atoms with Gasteiger partial charge in [0.15, 0.2) is 0 Å². The SMILES string of the molecule is CCN1CC(C)C=CC1=O. The van der Waals surface area contributed by atoms with Crippen molar-refractivity contribution in [2.45, 2.75) is 13.8 Å². The summed E-state index contributed by atoms with van der Waals surface area (Å²) >= 11 is 0. The third kappa shape index (κ3) is 1.38. The van der Waals surface area contributed by atoms with Crippen molar-refractivity contribution in [3.63, 3.8) is 0 Å². The van der Waals surface area contributed by atoms with Gasteiger partial charge in [0.05, 0.1) is 0 Å². The molecule has 1 aliphatic heterocycles. The molecule has 1 heterocycles. The number of hydrogen-bond acceptors (Lipinski definition) is 1. The Hall–Kier alpha value is -0.790. The zero-order valence-electron chi connectivity index (χ0n) is 6.50. The Morgan fingerprint density at radius 1 is 1.80 bits per heavy atom. The van der Waals surface area contributed by atoms with Crippen molar-refractivity contribution < 1.29 is 4.79 Å². The highest BCUT2D eigenvalue weighted by Gasteiger charge is 2.15. The summed E-state index contributed by atoms with van der Waals surface area (Å²) in [7, 11) is 0. The van der Waals surface area contributed by atoms with E-state index in [0.717, 1.165) is 13.1 Å². The Bertz CT molecular complexity index is 163. The number of rotatable bonds is 1. The normalized spacial score (nSPS) is 25.6. The molecular formula is C8H13NO. The Balaban J connectivity index is 2.62. The predicted octanol–water partition coefficient (Wildman–Crippen LogP) is 1.04. The first-order valence-corrected chi connectivity index (χ1v) is 3.71. The molecule has 1 unspecified atom stereocenters. The maximum atomic E-state index is 11.0. The smallest absolute Gasteiger partial charge is 0.246 e. The van der Waals surface area contributed by atoms with Gasteiger partial charge in [0.2, 0.25) is 5.91 Å². The highest BCUT2D eigenvalue weighted by molar-refractivity contribution is 5.88. The maximum Gasteiger partial charge on any atom is 0.246 e. The highest BCUT2D eigenvalue weighted by Crippen LogP contribution is 2.08. The molecule has 0 aromatic carbocycles. The van der Waals surface area contributed by atoms with E-state index in [1.165, 1.54) is 0 Å². The highest BCUT2D eigenvalue weighted by atomic mass is 16.2. The number of amides is 1. The molecular weight excluding hydrogens is 126 g/mol. The van der Waals surface area contributed by atoms with Gasteiger partial charge in [-0.1, -0.05) is 13.0 Å². The van der Waals surface area contributed by atoms with E-state index in [1.54, 1.807) is 6.08 Å². The van der Waals surface area contributed by atoms with Crippen molar-refractivity contribution in [3.8, 4) is 0 Å². The quantitative estimate of drug-likeness (QED) is 0.531. The van der Waals surface area contributed by atoms with Crippen LogP contribution in [0, 0.1) is 5.92 Å². The third-order valence-corrected chi connectivity index (χ3v) is 1.77. The summed E-state index contributed by atoms with van der Waals surface area (Å²) < 4.78 is 0. The van der Waals surface area contributed by atoms with Crippen LogP contribution < -0.4 is 0 Å². The van der Waals surface area contributed by atoms with Gasteiger partial charge in [-0.3, -0.25) is 4.79 Å². The zero-order chi connectivity index (χ0) is 7.56. The Kier molecular flexibility index (Phi) is 2.10. The van der Waals surface area contributed by atoms with Crippen molar-refractivity contribution in [2.24, 2.45) is 5.92 Å². The van der Waals surface area contributed by atoms with E-state index in [-0.39, 0.29) is 5.91 Å². The average molecular weight is 139 g/mol. The summed E-state index contributed by atoms with van der Waals surface area (Å²) in [5.74, 6) is 0.679. The number of hydrogen-bond donors (Lipinski definition) is 0. The van der Waals surface area contributed by atoms with Crippen LogP contribution in [0.15, 0.2) is 12.2 Å². The molecule has 10 heavy (non-hydrogen) atoms. The Labute approximate surface area is 61.5 Å². The standard InChI is InChI=1S/C8H13NO/c1-3-9-6-7(2)4-5-8(9)10/h4-5,7H,3,6H2,1-2H3. The van der Waals surface area contributed by atoms with Crippen LogP contribution >= 0.6 is 0 Å². The zero-order valence-corrected chi connectivity index (χ0v) is 6.50. The second-order valence-electron chi connectivity index (χ2n) is 2.71. The number of carbonyl (C=O) groups is 1. The summed E-state index contributed by atoms with van der Waals surface area (Å²) in [6.45, 7) is 5.83. The van der Waals surface area contributed by atoms with Crippen molar-refractivity contribution in [2.75, 3.05) is 13.1 Å². The number of likely N-dealkylation sites (N-methyl/N-ethyl adjacent to an activating group) is 1. The summed E-state index contributed by atoms with van der Waals surface area (Å²) in [4.78, 5) is 12.9. The first kappa shape index (κ1) is 7.32. The van der Waals surface area contributed by atoms with E-state index in [4.69, 9.17) is 0 Å². The first-order valence-electron chi connectivity index (χ1n) is 3.71. The fourth-order valence-electron chi connectivity index (χ4n) is 1.14. The van der Waals surface area contributed by atoms with E-state index < -0.39 is 0 Å². The van der Waals surface area contributed by atoms with Crippen molar-refractivity contribution >= 4 is 5.91 Å². The minimum Gasteiger partial charge on any atom is -0.339 e. The van der Waals surface area contributed by atoms with E-state index in [2.05, 4.69) is 6.92 Å². The molecule has 1 atom stereocenters. The molecule has 0 bridgehead atoms. The molecule has 0 radical (unpaired) electrons. The van der Waals surface area contributed by atoms with Crippen LogP contribution in [-0.2, 0) is 4.79 Å². The molecule has 1 rings (SSSR count). The molecule has 0 saturated heterocycles. The lowest BCUT2D eigenvalue weighted by atomic mass is 10.1. The monoisotopic (exact) mass is 139 g/mol. The fourth-order valence-corrected chi connectivity index (χ4v) is 1.14. The average Bonchev–Trinajstić information content (AvgIpc) is 1.94. The van der Waals surface area contributed by atoms with Gasteiger partial charge in [0.25, 0.3) is 0 Å². The van der Waals surface area contributed by atoms with Crippen LogP contribution in [0.5, 0.6) is 0 Å². The molecule has 0 spiro atoms. The summed E-state index contributed by atoms with van der Waals surface area (Å²) in [6, 6.07) is 0. The third-order valence-electron chi connectivity index (χ3n) is 1.77. The molecule has 2 heteroatoms. The van der Waals surface area contributed by atoms with Crippen LogP contribution in [0.25, 0.3) is 0 Å². The van der Waals surface area contributed by atoms with Crippen molar-refractivity contribution in [1.29, 1.82) is 0 Å². The largest absolute Gasteiger partial charge is 0.339 e. The van der Waals surface area contributed by atoms with Crippen LogP contribution in [0.2, 0.25) is 0 Å².